The first-order chi connectivity index (χ1) is 15.0. The second-order valence-electron chi connectivity index (χ2n) is 6.57. The van der Waals surface area contributed by atoms with Gasteiger partial charge in [-0.1, -0.05) is 15.9 Å². The molecule has 31 heavy (non-hydrogen) atoms. The van der Waals surface area contributed by atoms with E-state index in [1.165, 1.54) is 0 Å². The maximum atomic E-state index is 11.9. The third-order valence-corrected chi connectivity index (χ3v) is 5.54. The average Bonchev–Trinajstić information content (AvgIpc) is 3.08. The monoisotopic (exact) mass is 620 g/mol. The summed E-state index contributed by atoms with van der Waals surface area (Å²) in [6.45, 7) is 1.15. The molecule has 4 rings (SSSR count). The van der Waals surface area contributed by atoms with Crippen LogP contribution in [-0.2, 0) is 0 Å². The number of halogens is 3. The topological polar surface area (TPSA) is 71.1 Å². The van der Waals surface area contributed by atoms with Crippen LogP contribution in [-0.4, -0.2) is 43.8 Å². The SMILES string of the molecule is BrBr.COc1ccc2c(c1)OCCC(Br)C2=O.COc1ccc2c(c1)OCCCC2=O. The Morgan fingerprint density at radius 2 is 1.42 bits per heavy atom. The summed E-state index contributed by atoms with van der Waals surface area (Å²) in [5.41, 5.74) is 1.29. The Balaban J connectivity index is 0.000000204. The third-order valence-electron chi connectivity index (χ3n) is 4.66. The number of methoxy groups -OCH3 is 2. The molecule has 0 radical (unpaired) electrons. The van der Waals surface area contributed by atoms with E-state index in [0.717, 1.165) is 12.2 Å². The molecule has 1 unspecified atom stereocenters. The van der Waals surface area contributed by atoms with Gasteiger partial charge in [0.25, 0.3) is 0 Å². The van der Waals surface area contributed by atoms with E-state index in [-0.39, 0.29) is 16.4 Å². The number of rotatable bonds is 2. The molecule has 2 aliphatic heterocycles. The van der Waals surface area contributed by atoms with Crippen LogP contribution in [0.2, 0.25) is 0 Å². The summed E-state index contributed by atoms with van der Waals surface area (Å²) in [6.07, 6.45) is 2.05. The van der Waals surface area contributed by atoms with Gasteiger partial charge in [-0.2, -0.15) is 0 Å². The number of hydrogen-bond acceptors (Lipinski definition) is 6. The van der Waals surface area contributed by atoms with Gasteiger partial charge in [-0.15, -0.1) is 0 Å². The van der Waals surface area contributed by atoms with Gasteiger partial charge in [-0.3, -0.25) is 9.59 Å². The number of carbonyl (C=O) groups excluding carboxylic acids is 2. The molecule has 0 saturated heterocycles. The smallest absolute Gasteiger partial charge is 0.180 e. The van der Waals surface area contributed by atoms with E-state index in [1.807, 2.05) is 0 Å². The predicted molar refractivity (Wildman–Crippen MR) is 130 cm³/mol. The lowest BCUT2D eigenvalue weighted by Crippen LogP contribution is -2.12. The van der Waals surface area contributed by atoms with Gasteiger partial charge in [-0.05, 0) is 30.7 Å². The largest absolute Gasteiger partial charge is 0.497 e. The van der Waals surface area contributed by atoms with Gasteiger partial charge in [0.2, 0.25) is 0 Å². The fourth-order valence-corrected chi connectivity index (χ4v) is 3.49. The van der Waals surface area contributed by atoms with E-state index in [9.17, 15) is 9.59 Å². The van der Waals surface area contributed by atoms with Gasteiger partial charge in [-0.25, -0.2) is 0 Å². The first kappa shape index (κ1) is 25.7. The molecule has 9 heteroatoms. The van der Waals surface area contributed by atoms with Crippen molar-refractivity contribution >= 4 is 55.8 Å². The molecule has 0 saturated carbocycles. The van der Waals surface area contributed by atoms with E-state index in [4.69, 9.17) is 18.9 Å². The summed E-state index contributed by atoms with van der Waals surface area (Å²) in [5, 5.41) is 0. The Morgan fingerprint density at radius 1 is 0.871 bits per heavy atom. The third kappa shape index (κ3) is 6.95. The van der Waals surface area contributed by atoms with E-state index in [0.29, 0.717) is 54.4 Å². The molecule has 2 aromatic carbocycles. The highest BCUT2D eigenvalue weighted by molar-refractivity contribution is 9.93. The molecule has 2 heterocycles. The summed E-state index contributed by atoms with van der Waals surface area (Å²) < 4.78 is 21.1. The Kier molecular flexibility index (Phi) is 10.8. The number of alkyl halides is 1. The van der Waals surface area contributed by atoms with Crippen molar-refractivity contribution in [2.24, 2.45) is 0 Å². The Hall–Kier alpha value is -1.58. The molecule has 0 N–H and O–H groups in total. The second kappa shape index (κ2) is 13.1. The highest BCUT2D eigenvalue weighted by atomic mass is 80.9. The summed E-state index contributed by atoms with van der Waals surface area (Å²) in [5.74, 6) is 2.91. The first-order valence-electron chi connectivity index (χ1n) is 9.51. The van der Waals surface area contributed by atoms with Crippen molar-refractivity contribution in [3.8, 4) is 23.0 Å². The van der Waals surface area contributed by atoms with Gasteiger partial charge < -0.3 is 18.9 Å². The fraction of sp³-hybridized carbons (Fsp3) is 0.364. The molecule has 6 nitrogen and oxygen atoms in total. The van der Waals surface area contributed by atoms with E-state index >= 15 is 0 Å². The van der Waals surface area contributed by atoms with Crippen molar-refractivity contribution in [3.05, 3.63) is 47.5 Å². The lowest BCUT2D eigenvalue weighted by atomic mass is 10.1. The lowest BCUT2D eigenvalue weighted by Gasteiger charge is -2.07. The number of carbonyl (C=O) groups is 2. The Bertz CT molecular complexity index is 903. The van der Waals surface area contributed by atoms with Crippen LogP contribution < -0.4 is 18.9 Å². The van der Waals surface area contributed by atoms with Crippen LogP contribution in [0.3, 0.4) is 0 Å². The van der Waals surface area contributed by atoms with Crippen molar-refractivity contribution in [1.29, 1.82) is 0 Å². The van der Waals surface area contributed by atoms with Gasteiger partial charge >= 0.3 is 0 Å². The minimum absolute atomic E-state index is 0.0742. The molecule has 2 aliphatic rings. The van der Waals surface area contributed by atoms with Crippen molar-refractivity contribution in [2.75, 3.05) is 27.4 Å². The summed E-state index contributed by atoms with van der Waals surface area (Å²) in [7, 11) is 3.19. The predicted octanol–water partition coefficient (Wildman–Crippen LogP) is 6.17. The summed E-state index contributed by atoms with van der Waals surface area (Å²) >= 11 is 8.85. The lowest BCUT2D eigenvalue weighted by molar-refractivity contribution is 0.0978. The zero-order valence-electron chi connectivity index (χ0n) is 17.2. The normalized spacial score (nSPS) is 16.9. The molecular formula is C22H23Br3O6. The summed E-state index contributed by atoms with van der Waals surface area (Å²) in [6, 6.07) is 10.6. The van der Waals surface area contributed by atoms with E-state index in [1.54, 1.807) is 50.6 Å². The highest BCUT2D eigenvalue weighted by Crippen LogP contribution is 2.30. The van der Waals surface area contributed by atoms with Gasteiger partial charge in [0.1, 0.15) is 23.0 Å². The van der Waals surface area contributed by atoms with Crippen molar-refractivity contribution < 1.29 is 28.5 Å². The maximum Gasteiger partial charge on any atom is 0.180 e. The molecule has 0 spiro atoms. The standard InChI is InChI=1S/C11H11BrO3.C11H12O3.Br2/c1-14-7-2-3-8-10(6-7)15-5-4-9(12)11(8)13;1-13-8-4-5-9-10(12)3-2-6-14-11(9)7-8;1-2/h2-3,6,9H,4-5H2,1H3;4-5,7H,2-3,6H2,1H3;. The van der Waals surface area contributed by atoms with Gasteiger partial charge in [0.15, 0.2) is 11.6 Å². The number of ether oxygens (including phenoxy) is 4. The zero-order valence-corrected chi connectivity index (χ0v) is 21.9. The van der Waals surface area contributed by atoms with Crippen molar-refractivity contribution in [2.45, 2.75) is 24.1 Å². The van der Waals surface area contributed by atoms with Crippen LogP contribution in [0.1, 0.15) is 40.0 Å². The average molecular weight is 623 g/mol. The Morgan fingerprint density at radius 3 is 2.03 bits per heavy atom. The first-order valence-corrected chi connectivity index (χ1v) is 14.1. The van der Waals surface area contributed by atoms with Crippen molar-refractivity contribution in [1.82, 2.24) is 0 Å². The number of benzene rings is 2. The number of Topliss-reactive ketones (excluding diaryl/α,β-unsaturated/α-hetero) is 2. The molecule has 1 atom stereocenters. The van der Waals surface area contributed by atoms with Crippen LogP contribution >= 0.6 is 44.2 Å². The second-order valence-corrected chi connectivity index (χ2v) is 7.67. The molecule has 0 bridgehead atoms. The van der Waals surface area contributed by atoms with Gasteiger partial charge in [0.05, 0.1) is 43.4 Å². The molecule has 2 aromatic rings. The molecule has 0 amide bonds. The van der Waals surface area contributed by atoms with Crippen LogP contribution in [0.15, 0.2) is 36.4 Å². The van der Waals surface area contributed by atoms with Crippen molar-refractivity contribution in [3.63, 3.8) is 0 Å². The Labute approximate surface area is 205 Å². The zero-order chi connectivity index (χ0) is 22.8. The number of fused-ring (bicyclic) bond motifs is 2. The van der Waals surface area contributed by atoms with Gasteiger partial charge in [0, 0.05) is 53.2 Å². The quantitative estimate of drug-likeness (QED) is 0.374. The number of ketones is 2. The highest BCUT2D eigenvalue weighted by Gasteiger charge is 2.24. The summed E-state index contributed by atoms with van der Waals surface area (Å²) in [4.78, 5) is 23.3. The van der Waals surface area contributed by atoms with E-state index < -0.39 is 0 Å². The molecular weight excluding hydrogens is 600 g/mol. The van der Waals surface area contributed by atoms with Crippen LogP contribution in [0.5, 0.6) is 23.0 Å². The van der Waals surface area contributed by atoms with Crippen LogP contribution in [0, 0.1) is 0 Å². The van der Waals surface area contributed by atoms with Crippen LogP contribution in [0.25, 0.3) is 0 Å². The minimum atomic E-state index is -0.146. The maximum absolute atomic E-state index is 11.9. The minimum Gasteiger partial charge on any atom is -0.497 e. The molecule has 0 fully saturated rings. The van der Waals surface area contributed by atoms with E-state index in [2.05, 4.69) is 44.2 Å². The van der Waals surface area contributed by atoms with Crippen LogP contribution in [0.4, 0.5) is 0 Å². The fourth-order valence-electron chi connectivity index (χ4n) is 3.05. The molecule has 0 aliphatic carbocycles. The number of hydrogen-bond donors (Lipinski definition) is 0. The molecule has 0 aromatic heterocycles. The molecule has 168 valence electrons.